The van der Waals surface area contributed by atoms with Crippen LogP contribution in [0.2, 0.25) is 10.0 Å². The van der Waals surface area contributed by atoms with Crippen LogP contribution in [0.15, 0.2) is 36.4 Å². The summed E-state index contributed by atoms with van der Waals surface area (Å²) in [6.07, 6.45) is 0. The Labute approximate surface area is 129 Å². The van der Waals surface area contributed by atoms with Gasteiger partial charge >= 0.3 is 0 Å². The molecule has 106 valence electrons. The number of carbonyl (C=O) groups is 2. The van der Waals surface area contributed by atoms with E-state index in [2.05, 4.69) is 0 Å². The first-order valence-electron chi connectivity index (χ1n) is 6.07. The maximum atomic E-state index is 13.2. The first kappa shape index (κ1) is 14.0. The van der Waals surface area contributed by atoms with Crippen molar-refractivity contribution in [2.24, 2.45) is 0 Å². The number of halogens is 3. The molecule has 21 heavy (non-hydrogen) atoms. The fourth-order valence-corrected chi connectivity index (χ4v) is 2.77. The molecule has 0 radical (unpaired) electrons. The van der Waals surface area contributed by atoms with Crippen LogP contribution in [-0.2, 0) is 6.54 Å². The van der Waals surface area contributed by atoms with E-state index in [0.717, 1.165) is 17.0 Å². The summed E-state index contributed by atoms with van der Waals surface area (Å²) in [5.74, 6) is -1.59. The third-order valence-corrected chi connectivity index (χ3v) is 4.02. The lowest BCUT2D eigenvalue weighted by Crippen LogP contribution is -2.29. The van der Waals surface area contributed by atoms with E-state index in [9.17, 15) is 14.0 Å². The predicted molar refractivity (Wildman–Crippen MR) is 77.1 cm³/mol. The minimum atomic E-state index is -0.562. The molecule has 0 aliphatic carbocycles. The van der Waals surface area contributed by atoms with Gasteiger partial charge in [-0.25, -0.2) is 4.39 Å². The van der Waals surface area contributed by atoms with Gasteiger partial charge in [-0.15, -0.1) is 0 Å². The average molecular weight is 324 g/mol. The number of hydrogen-bond donors (Lipinski definition) is 0. The highest BCUT2D eigenvalue weighted by molar-refractivity contribution is 6.36. The lowest BCUT2D eigenvalue weighted by atomic mass is 10.1. The first-order valence-corrected chi connectivity index (χ1v) is 6.83. The van der Waals surface area contributed by atoms with Crippen LogP contribution in [0.1, 0.15) is 26.3 Å². The zero-order valence-electron chi connectivity index (χ0n) is 10.6. The lowest BCUT2D eigenvalue weighted by molar-refractivity contribution is 0.0642. The molecule has 0 spiro atoms. The maximum absolute atomic E-state index is 13.2. The molecule has 3 rings (SSSR count). The second kappa shape index (κ2) is 5.13. The molecule has 0 bridgehead atoms. The number of carbonyl (C=O) groups excluding carboxylic acids is 2. The molecule has 0 aromatic heterocycles. The Bertz CT molecular complexity index is 756. The molecule has 1 aliphatic heterocycles. The maximum Gasteiger partial charge on any atom is 0.261 e. The van der Waals surface area contributed by atoms with E-state index >= 15 is 0 Å². The second-order valence-corrected chi connectivity index (χ2v) is 5.40. The normalized spacial score (nSPS) is 13.8. The third-order valence-electron chi connectivity index (χ3n) is 3.31. The zero-order chi connectivity index (χ0) is 15.1. The van der Waals surface area contributed by atoms with Gasteiger partial charge in [0.25, 0.3) is 11.8 Å². The summed E-state index contributed by atoms with van der Waals surface area (Å²) in [5.41, 5.74) is 0.726. The van der Waals surface area contributed by atoms with Crippen LogP contribution in [0.5, 0.6) is 0 Å². The highest BCUT2D eigenvalue weighted by Crippen LogP contribution is 2.30. The van der Waals surface area contributed by atoms with Crippen molar-refractivity contribution < 1.29 is 14.0 Å². The standard InChI is InChI=1S/C15H8Cl2FNO2/c16-12-2-1-3-13(17)11(12)7-19-14(20)9-5-4-8(18)6-10(9)15(19)21/h1-6H,7H2. The quantitative estimate of drug-likeness (QED) is 0.785. The molecule has 0 saturated heterocycles. The van der Waals surface area contributed by atoms with Crippen molar-refractivity contribution in [2.75, 3.05) is 0 Å². The van der Waals surface area contributed by atoms with E-state index in [1.54, 1.807) is 18.2 Å². The Morgan fingerprint density at radius 1 is 0.952 bits per heavy atom. The smallest absolute Gasteiger partial charge is 0.261 e. The summed E-state index contributed by atoms with van der Waals surface area (Å²) in [5, 5.41) is 0.732. The van der Waals surface area contributed by atoms with Gasteiger partial charge in [-0.1, -0.05) is 29.3 Å². The van der Waals surface area contributed by atoms with Gasteiger partial charge in [0, 0.05) is 15.6 Å². The van der Waals surface area contributed by atoms with E-state index in [4.69, 9.17) is 23.2 Å². The van der Waals surface area contributed by atoms with Gasteiger partial charge in [-0.3, -0.25) is 14.5 Å². The van der Waals surface area contributed by atoms with E-state index in [1.165, 1.54) is 6.07 Å². The van der Waals surface area contributed by atoms with Crippen molar-refractivity contribution >= 4 is 35.0 Å². The number of benzene rings is 2. The SMILES string of the molecule is O=C1c2ccc(F)cc2C(=O)N1Cc1c(Cl)cccc1Cl. The van der Waals surface area contributed by atoms with Crippen LogP contribution < -0.4 is 0 Å². The van der Waals surface area contributed by atoms with E-state index in [1.807, 2.05) is 0 Å². The number of nitrogens with zero attached hydrogens (tertiary/aromatic N) is 1. The predicted octanol–water partition coefficient (Wildman–Crippen LogP) is 3.93. The van der Waals surface area contributed by atoms with Crippen molar-refractivity contribution in [2.45, 2.75) is 6.54 Å². The van der Waals surface area contributed by atoms with Gasteiger partial charge < -0.3 is 0 Å². The summed E-state index contributed by atoms with van der Waals surface area (Å²) in [7, 11) is 0. The number of fused-ring (bicyclic) bond motifs is 1. The third kappa shape index (κ3) is 2.30. The summed E-state index contributed by atoms with van der Waals surface area (Å²) in [6, 6.07) is 8.44. The van der Waals surface area contributed by atoms with Crippen LogP contribution in [-0.4, -0.2) is 16.7 Å². The molecular weight excluding hydrogens is 316 g/mol. The first-order chi connectivity index (χ1) is 9.99. The minimum Gasteiger partial charge on any atom is -0.270 e. The average Bonchev–Trinajstić information content (AvgIpc) is 2.67. The molecule has 2 amide bonds. The Kier molecular flexibility index (Phi) is 3.43. The summed E-state index contributed by atoms with van der Waals surface area (Å²) in [4.78, 5) is 25.5. The van der Waals surface area contributed by atoms with Crippen molar-refractivity contribution in [3.63, 3.8) is 0 Å². The van der Waals surface area contributed by atoms with Gasteiger partial charge in [-0.05, 0) is 30.3 Å². The van der Waals surface area contributed by atoms with E-state index < -0.39 is 17.6 Å². The number of imide groups is 1. The molecule has 0 saturated carbocycles. The Morgan fingerprint density at radius 2 is 1.57 bits per heavy atom. The van der Waals surface area contributed by atoms with Crippen molar-refractivity contribution in [3.05, 3.63) is 69.0 Å². The highest BCUT2D eigenvalue weighted by Gasteiger charge is 2.36. The molecule has 1 aliphatic rings. The second-order valence-electron chi connectivity index (χ2n) is 4.59. The molecule has 1 heterocycles. The Balaban J connectivity index is 1.99. The Hall–Kier alpha value is -1.91. The topological polar surface area (TPSA) is 37.4 Å². The molecule has 2 aromatic carbocycles. The number of amides is 2. The summed E-state index contributed by atoms with van der Waals surface area (Å²) in [6.45, 7) is -0.0491. The highest BCUT2D eigenvalue weighted by atomic mass is 35.5. The Morgan fingerprint density at radius 3 is 2.24 bits per heavy atom. The molecule has 3 nitrogen and oxygen atoms in total. The van der Waals surface area contributed by atoms with Gasteiger partial charge in [0.2, 0.25) is 0 Å². The minimum absolute atomic E-state index is 0.0491. The van der Waals surface area contributed by atoms with Crippen LogP contribution in [0.25, 0.3) is 0 Å². The lowest BCUT2D eigenvalue weighted by Gasteiger charge is -2.15. The van der Waals surface area contributed by atoms with Crippen LogP contribution in [0.3, 0.4) is 0 Å². The van der Waals surface area contributed by atoms with E-state index in [-0.39, 0.29) is 17.7 Å². The van der Waals surface area contributed by atoms with Crippen LogP contribution in [0, 0.1) is 5.82 Å². The molecular formula is C15H8Cl2FNO2. The zero-order valence-corrected chi connectivity index (χ0v) is 12.1. The van der Waals surface area contributed by atoms with Crippen LogP contribution in [0.4, 0.5) is 4.39 Å². The number of hydrogen-bond acceptors (Lipinski definition) is 2. The molecule has 0 unspecified atom stereocenters. The van der Waals surface area contributed by atoms with Crippen LogP contribution >= 0.6 is 23.2 Å². The molecule has 0 atom stereocenters. The summed E-state index contributed by atoms with van der Waals surface area (Å²) >= 11 is 12.1. The van der Waals surface area contributed by atoms with Crippen molar-refractivity contribution in [3.8, 4) is 0 Å². The van der Waals surface area contributed by atoms with Gasteiger partial charge in [0.05, 0.1) is 17.7 Å². The van der Waals surface area contributed by atoms with Crippen molar-refractivity contribution in [1.29, 1.82) is 0 Å². The molecule has 0 N–H and O–H groups in total. The molecule has 6 heteroatoms. The largest absolute Gasteiger partial charge is 0.270 e. The fourth-order valence-electron chi connectivity index (χ4n) is 2.25. The van der Waals surface area contributed by atoms with Gasteiger partial charge in [0.1, 0.15) is 5.82 Å². The van der Waals surface area contributed by atoms with E-state index in [0.29, 0.717) is 15.6 Å². The number of rotatable bonds is 2. The molecule has 0 fully saturated rings. The van der Waals surface area contributed by atoms with Crippen molar-refractivity contribution in [1.82, 2.24) is 4.90 Å². The van der Waals surface area contributed by atoms with Gasteiger partial charge in [0.15, 0.2) is 0 Å². The van der Waals surface area contributed by atoms with Gasteiger partial charge in [-0.2, -0.15) is 0 Å². The monoisotopic (exact) mass is 323 g/mol. The summed E-state index contributed by atoms with van der Waals surface area (Å²) < 4.78 is 13.2. The fraction of sp³-hybridized carbons (Fsp3) is 0.0667. The molecule has 2 aromatic rings.